The number of carbonyl (C=O) groups excluding carboxylic acids is 1. The third kappa shape index (κ3) is 5.67. The molecule has 0 radical (unpaired) electrons. The van der Waals surface area contributed by atoms with Gasteiger partial charge in [-0.05, 0) is 43.5 Å². The number of thioether (sulfide) groups is 1. The summed E-state index contributed by atoms with van der Waals surface area (Å²) in [6, 6.07) is 9.95. The SMILES string of the molecule is Cc1cc(C)nc(SCCC(=O)Nc2ccc(C(C)C)cc2)n1. The first-order valence-corrected chi connectivity index (χ1v) is 8.77. The Morgan fingerprint density at radius 1 is 1.13 bits per heavy atom. The van der Waals surface area contributed by atoms with Crippen LogP contribution in [0, 0.1) is 13.8 Å². The summed E-state index contributed by atoms with van der Waals surface area (Å²) in [5.74, 6) is 1.17. The molecule has 2 aromatic rings. The van der Waals surface area contributed by atoms with E-state index in [4.69, 9.17) is 0 Å². The van der Waals surface area contributed by atoms with E-state index >= 15 is 0 Å². The van der Waals surface area contributed by atoms with Crippen LogP contribution in [0.2, 0.25) is 0 Å². The molecule has 5 heteroatoms. The van der Waals surface area contributed by atoms with Gasteiger partial charge in [-0.3, -0.25) is 4.79 Å². The van der Waals surface area contributed by atoms with Crippen LogP contribution in [0.25, 0.3) is 0 Å². The lowest BCUT2D eigenvalue weighted by Crippen LogP contribution is -2.12. The zero-order chi connectivity index (χ0) is 16.8. The molecule has 1 N–H and O–H groups in total. The van der Waals surface area contributed by atoms with Gasteiger partial charge in [-0.25, -0.2) is 9.97 Å². The Morgan fingerprint density at radius 3 is 2.30 bits per heavy atom. The van der Waals surface area contributed by atoms with Crippen LogP contribution >= 0.6 is 11.8 Å². The van der Waals surface area contributed by atoms with Gasteiger partial charge in [0.25, 0.3) is 0 Å². The standard InChI is InChI=1S/C18H23N3OS/c1-12(2)15-5-7-16(8-6-15)21-17(22)9-10-23-18-19-13(3)11-14(4)20-18/h5-8,11-12H,9-10H2,1-4H3,(H,21,22). The van der Waals surface area contributed by atoms with E-state index in [0.717, 1.165) is 22.2 Å². The van der Waals surface area contributed by atoms with Crippen LogP contribution in [0.3, 0.4) is 0 Å². The first kappa shape index (κ1) is 17.5. The lowest BCUT2D eigenvalue weighted by atomic mass is 10.0. The molecule has 0 fully saturated rings. The number of benzene rings is 1. The molecule has 0 bridgehead atoms. The van der Waals surface area contributed by atoms with Crippen molar-refractivity contribution in [2.45, 2.75) is 45.2 Å². The molecule has 122 valence electrons. The molecule has 4 nitrogen and oxygen atoms in total. The van der Waals surface area contributed by atoms with Gasteiger partial charge in [0.05, 0.1) is 0 Å². The maximum Gasteiger partial charge on any atom is 0.225 e. The molecule has 0 saturated carbocycles. The molecular weight excluding hydrogens is 306 g/mol. The van der Waals surface area contributed by atoms with E-state index in [1.807, 2.05) is 32.0 Å². The first-order valence-electron chi connectivity index (χ1n) is 7.79. The molecule has 23 heavy (non-hydrogen) atoms. The van der Waals surface area contributed by atoms with Crippen molar-refractivity contribution >= 4 is 23.4 Å². The van der Waals surface area contributed by atoms with Crippen LogP contribution in [-0.2, 0) is 4.79 Å². The van der Waals surface area contributed by atoms with Crippen molar-refractivity contribution in [2.24, 2.45) is 0 Å². The van der Waals surface area contributed by atoms with Gasteiger partial charge in [0.1, 0.15) is 0 Å². The monoisotopic (exact) mass is 329 g/mol. The second kappa shape index (κ2) is 8.11. The van der Waals surface area contributed by atoms with Crippen LogP contribution < -0.4 is 5.32 Å². The fraction of sp³-hybridized carbons (Fsp3) is 0.389. The van der Waals surface area contributed by atoms with E-state index in [1.165, 1.54) is 17.3 Å². The molecule has 1 amide bonds. The number of nitrogens with one attached hydrogen (secondary N) is 1. The Balaban J connectivity index is 1.80. The van der Waals surface area contributed by atoms with Crippen LogP contribution in [0.15, 0.2) is 35.5 Å². The number of aryl methyl sites for hydroxylation is 2. The van der Waals surface area contributed by atoms with E-state index in [9.17, 15) is 4.79 Å². The average molecular weight is 329 g/mol. The predicted octanol–water partition coefficient (Wildman–Crippen LogP) is 4.34. The van der Waals surface area contributed by atoms with E-state index in [-0.39, 0.29) is 5.91 Å². The van der Waals surface area contributed by atoms with Crippen molar-refractivity contribution in [3.8, 4) is 0 Å². The molecule has 2 rings (SSSR count). The zero-order valence-electron chi connectivity index (χ0n) is 14.1. The number of amides is 1. The Kier molecular flexibility index (Phi) is 6.16. The van der Waals surface area contributed by atoms with Crippen molar-refractivity contribution in [3.05, 3.63) is 47.3 Å². The minimum Gasteiger partial charge on any atom is -0.326 e. The maximum atomic E-state index is 12.0. The van der Waals surface area contributed by atoms with Crippen LogP contribution in [0.5, 0.6) is 0 Å². The summed E-state index contributed by atoms with van der Waals surface area (Å²) in [5, 5.41) is 3.66. The summed E-state index contributed by atoms with van der Waals surface area (Å²) >= 11 is 1.51. The van der Waals surface area contributed by atoms with E-state index < -0.39 is 0 Å². The fourth-order valence-electron chi connectivity index (χ4n) is 2.17. The summed E-state index contributed by atoms with van der Waals surface area (Å²) in [6.07, 6.45) is 0.437. The van der Waals surface area contributed by atoms with E-state index in [0.29, 0.717) is 18.1 Å². The molecular formula is C18H23N3OS. The van der Waals surface area contributed by atoms with Gasteiger partial charge in [0.15, 0.2) is 5.16 Å². The highest BCUT2D eigenvalue weighted by atomic mass is 32.2. The third-order valence-corrected chi connectivity index (χ3v) is 4.23. The third-order valence-electron chi connectivity index (χ3n) is 3.38. The molecule has 1 aromatic carbocycles. The van der Waals surface area contributed by atoms with Crippen molar-refractivity contribution < 1.29 is 4.79 Å². The summed E-state index contributed by atoms with van der Waals surface area (Å²) in [4.78, 5) is 20.7. The van der Waals surface area contributed by atoms with Gasteiger partial charge in [0, 0.05) is 29.2 Å². The van der Waals surface area contributed by atoms with Gasteiger partial charge >= 0.3 is 0 Å². The smallest absolute Gasteiger partial charge is 0.225 e. The number of carbonyl (C=O) groups is 1. The molecule has 0 spiro atoms. The molecule has 1 heterocycles. The largest absolute Gasteiger partial charge is 0.326 e. The number of aromatic nitrogens is 2. The summed E-state index contributed by atoms with van der Waals surface area (Å²) < 4.78 is 0. The van der Waals surface area contributed by atoms with Gasteiger partial charge in [-0.1, -0.05) is 37.7 Å². The van der Waals surface area contributed by atoms with Crippen LogP contribution in [0.1, 0.15) is 43.1 Å². The Morgan fingerprint density at radius 2 is 1.74 bits per heavy atom. The van der Waals surface area contributed by atoms with Gasteiger partial charge < -0.3 is 5.32 Å². The number of hydrogen-bond acceptors (Lipinski definition) is 4. The molecule has 0 atom stereocenters. The van der Waals surface area contributed by atoms with Crippen molar-refractivity contribution in [2.75, 3.05) is 11.1 Å². The van der Waals surface area contributed by atoms with Crippen molar-refractivity contribution in [1.29, 1.82) is 0 Å². The lowest BCUT2D eigenvalue weighted by Gasteiger charge is -2.08. The van der Waals surface area contributed by atoms with Crippen LogP contribution in [-0.4, -0.2) is 21.6 Å². The van der Waals surface area contributed by atoms with Crippen molar-refractivity contribution in [1.82, 2.24) is 9.97 Å². The second-order valence-electron chi connectivity index (χ2n) is 5.86. The van der Waals surface area contributed by atoms with Crippen molar-refractivity contribution in [3.63, 3.8) is 0 Å². The zero-order valence-corrected chi connectivity index (χ0v) is 14.9. The van der Waals surface area contributed by atoms with E-state index in [2.05, 4.69) is 41.3 Å². The molecule has 1 aromatic heterocycles. The number of hydrogen-bond donors (Lipinski definition) is 1. The number of anilines is 1. The topological polar surface area (TPSA) is 54.9 Å². The minimum absolute atomic E-state index is 0.0131. The molecule has 0 aliphatic heterocycles. The van der Waals surface area contributed by atoms with E-state index in [1.54, 1.807) is 0 Å². The number of nitrogens with zero attached hydrogens (tertiary/aromatic N) is 2. The summed E-state index contributed by atoms with van der Waals surface area (Å²) in [7, 11) is 0. The molecule has 0 saturated heterocycles. The predicted molar refractivity (Wildman–Crippen MR) is 96.0 cm³/mol. The highest BCUT2D eigenvalue weighted by Gasteiger charge is 2.06. The second-order valence-corrected chi connectivity index (χ2v) is 6.92. The maximum absolute atomic E-state index is 12.0. The summed E-state index contributed by atoms with van der Waals surface area (Å²) in [5.41, 5.74) is 4.02. The molecule has 0 aliphatic carbocycles. The Hall–Kier alpha value is -1.88. The first-order chi connectivity index (χ1) is 10.9. The normalized spacial score (nSPS) is 10.8. The lowest BCUT2D eigenvalue weighted by molar-refractivity contribution is -0.115. The minimum atomic E-state index is 0.0131. The number of rotatable bonds is 6. The van der Waals surface area contributed by atoms with Gasteiger partial charge in [-0.15, -0.1) is 0 Å². The highest BCUT2D eigenvalue weighted by molar-refractivity contribution is 7.99. The van der Waals surface area contributed by atoms with Gasteiger partial charge in [-0.2, -0.15) is 0 Å². The van der Waals surface area contributed by atoms with Gasteiger partial charge in [0.2, 0.25) is 5.91 Å². The highest BCUT2D eigenvalue weighted by Crippen LogP contribution is 2.18. The van der Waals surface area contributed by atoms with Crippen LogP contribution in [0.4, 0.5) is 5.69 Å². The average Bonchev–Trinajstić information content (AvgIpc) is 2.46. The quantitative estimate of drug-likeness (QED) is 0.633. The Bertz CT molecular complexity index is 648. The molecule has 0 unspecified atom stereocenters. The Labute approximate surface area is 142 Å². The summed E-state index contributed by atoms with van der Waals surface area (Å²) in [6.45, 7) is 8.21. The fourth-order valence-corrected chi connectivity index (χ4v) is 3.06. The molecule has 0 aliphatic rings.